The first-order valence-electron chi connectivity index (χ1n) is 8.84. The maximum absolute atomic E-state index is 12.5. The molecule has 2 aliphatic rings. The van der Waals surface area contributed by atoms with Crippen molar-refractivity contribution in [2.75, 3.05) is 18.0 Å². The lowest BCUT2D eigenvalue weighted by Crippen LogP contribution is -2.48. The topological polar surface area (TPSA) is 80.0 Å². The number of carbonyl (C=O) groups is 1. The first kappa shape index (κ1) is 16.0. The summed E-state index contributed by atoms with van der Waals surface area (Å²) in [6.07, 6.45) is 7.67. The highest BCUT2D eigenvalue weighted by atomic mass is 16.2. The molecule has 1 aliphatic heterocycles. The minimum Gasteiger partial charge on any atom is -0.350 e. The van der Waals surface area contributed by atoms with E-state index in [1.165, 1.54) is 12.8 Å². The van der Waals surface area contributed by atoms with Crippen LogP contribution in [-0.4, -0.2) is 60.9 Å². The molecular weight excluding hydrogens is 318 g/mol. The Kier molecular flexibility index (Phi) is 4.10. The number of rotatable bonds is 4. The van der Waals surface area contributed by atoms with Gasteiger partial charge in [-0.2, -0.15) is 0 Å². The second-order valence-electron chi connectivity index (χ2n) is 6.96. The molecule has 0 atom stereocenters. The second-order valence-corrected chi connectivity index (χ2v) is 6.96. The lowest BCUT2D eigenvalue weighted by molar-refractivity contribution is 0.0705. The van der Waals surface area contributed by atoms with Crippen molar-refractivity contribution in [3.05, 3.63) is 30.0 Å². The molecule has 1 aliphatic carbocycles. The summed E-state index contributed by atoms with van der Waals surface area (Å²) in [6.45, 7) is 3.49. The van der Waals surface area contributed by atoms with Crippen LogP contribution >= 0.6 is 0 Å². The van der Waals surface area contributed by atoms with Gasteiger partial charge in [0.05, 0.1) is 6.20 Å². The third kappa shape index (κ3) is 3.33. The number of aryl methyl sites for hydroxylation is 2. The molecule has 0 radical (unpaired) electrons. The molecule has 1 saturated carbocycles. The van der Waals surface area contributed by atoms with Gasteiger partial charge in [-0.25, -0.2) is 9.97 Å². The van der Waals surface area contributed by atoms with Crippen molar-refractivity contribution in [3.8, 4) is 0 Å². The normalized spacial score (nSPS) is 18.4. The monoisotopic (exact) mass is 341 g/mol. The van der Waals surface area contributed by atoms with Crippen LogP contribution in [0.2, 0.25) is 0 Å². The first-order valence-corrected chi connectivity index (χ1v) is 8.84. The fourth-order valence-electron chi connectivity index (χ4n) is 3.56. The summed E-state index contributed by atoms with van der Waals surface area (Å²) < 4.78 is 1.56. The Morgan fingerprint density at radius 2 is 1.88 bits per heavy atom. The van der Waals surface area contributed by atoms with Gasteiger partial charge in [-0.05, 0) is 32.6 Å². The molecule has 2 aromatic rings. The summed E-state index contributed by atoms with van der Waals surface area (Å²) in [6, 6.07) is 3.07. The number of likely N-dealkylation sites (tertiary alicyclic amines) is 1. The largest absolute Gasteiger partial charge is 0.350 e. The molecule has 0 unspecified atom stereocenters. The van der Waals surface area contributed by atoms with Crippen LogP contribution in [0.25, 0.3) is 0 Å². The number of aromatic nitrogens is 5. The van der Waals surface area contributed by atoms with Crippen LogP contribution in [-0.2, 0) is 7.05 Å². The number of hydrogen-bond acceptors (Lipinski definition) is 6. The van der Waals surface area contributed by atoms with E-state index in [-0.39, 0.29) is 5.91 Å². The maximum atomic E-state index is 12.5. The van der Waals surface area contributed by atoms with Gasteiger partial charge < -0.3 is 9.80 Å². The summed E-state index contributed by atoms with van der Waals surface area (Å²) >= 11 is 0. The molecule has 1 saturated heterocycles. The lowest BCUT2D eigenvalue weighted by Gasteiger charge is -2.39. The molecule has 2 fully saturated rings. The highest BCUT2D eigenvalue weighted by Crippen LogP contribution is 2.35. The molecule has 3 heterocycles. The second kappa shape index (κ2) is 6.42. The van der Waals surface area contributed by atoms with Gasteiger partial charge in [-0.3, -0.25) is 9.48 Å². The quantitative estimate of drug-likeness (QED) is 0.831. The van der Waals surface area contributed by atoms with E-state index in [1.807, 2.05) is 11.8 Å². The molecule has 8 nitrogen and oxygen atoms in total. The molecule has 1 amide bonds. The van der Waals surface area contributed by atoms with Crippen molar-refractivity contribution >= 4 is 11.7 Å². The maximum Gasteiger partial charge on any atom is 0.276 e. The van der Waals surface area contributed by atoms with Crippen LogP contribution < -0.4 is 4.90 Å². The number of anilines is 1. The Labute approximate surface area is 146 Å². The van der Waals surface area contributed by atoms with E-state index >= 15 is 0 Å². The Balaban J connectivity index is 1.44. The van der Waals surface area contributed by atoms with Gasteiger partial charge in [0.2, 0.25) is 0 Å². The smallest absolute Gasteiger partial charge is 0.276 e. The summed E-state index contributed by atoms with van der Waals surface area (Å²) in [5.74, 6) is 0.996. The van der Waals surface area contributed by atoms with Crippen LogP contribution in [0.1, 0.15) is 41.9 Å². The highest BCUT2D eigenvalue weighted by molar-refractivity contribution is 5.92. The molecule has 0 N–H and O–H groups in total. The van der Waals surface area contributed by atoms with Crippen LogP contribution in [0, 0.1) is 6.92 Å². The van der Waals surface area contributed by atoms with Crippen molar-refractivity contribution in [2.45, 2.75) is 44.7 Å². The molecule has 2 aromatic heterocycles. The van der Waals surface area contributed by atoms with E-state index in [9.17, 15) is 4.79 Å². The fourth-order valence-corrected chi connectivity index (χ4v) is 3.56. The van der Waals surface area contributed by atoms with Gasteiger partial charge in [0.25, 0.3) is 5.91 Å². The van der Waals surface area contributed by atoms with E-state index in [0.717, 1.165) is 37.4 Å². The standard InChI is InChI=1S/C17H23N7O/c1-12-9-16(19-11-18-12)24(13-3-4-13)14-5-7-23(8-6-14)17(25)15-10-22(2)21-20-15/h9-11,13-14H,3-8H2,1-2H3. The van der Waals surface area contributed by atoms with Gasteiger partial charge in [0.15, 0.2) is 5.69 Å². The average Bonchev–Trinajstić information content (AvgIpc) is 3.35. The Morgan fingerprint density at radius 3 is 2.48 bits per heavy atom. The van der Waals surface area contributed by atoms with Gasteiger partial charge in [-0.1, -0.05) is 5.21 Å². The van der Waals surface area contributed by atoms with Crippen LogP contribution in [0.3, 0.4) is 0 Å². The first-order chi connectivity index (χ1) is 12.1. The fraction of sp³-hybridized carbons (Fsp3) is 0.588. The molecular formula is C17H23N7O. The van der Waals surface area contributed by atoms with Crippen LogP contribution in [0.5, 0.6) is 0 Å². The zero-order valence-corrected chi connectivity index (χ0v) is 14.7. The Hall–Kier alpha value is -2.51. The van der Waals surface area contributed by atoms with E-state index in [4.69, 9.17) is 0 Å². The predicted octanol–water partition coefficient (Wildman–Crippen LogP) is 1.19. The minimum absolute atomic E-state index is 0.0256. The average molecular weight is 341 g/mol. The number of amides is 1. The van der Waals surface area contributed by atoms with Crippen molar-refractivity contribution in [2.24, 2.45) is 7.05 Å². The molecule has 132 valence electrons. The zero-order valence-electron chi connectivity index (χ0n) is 14.7. The molecule has 25 heavy (non-hydrogen) atoms. The van der Waals surface area contributed by atoms with Crippen molar-refractivity contribution in [1.29, 1.82) is 0 Å². The van der Waals surface area contributed by atoms with E-state index in [0.29, 0.717) is 17.8 Å². The van der Waals surface area contributed by atoms with Crippen molar-refractivity contribution in [3.63, 3.8) is 0 Å². The minimum atomic E-state index is -0.0256. The van der Waals surface area contributed by atoms with Crippen LogP contribution in [0.15, 0.2) is 18.6 Å². The predicted molar refractivity (Wildman–Crippen MR) is 92.2 cm³/mol. The molecule has 0 spiro atoms. The van der Waals surface area contributed by atoms with E-state index < -0.39 is 0 Å². The summed E-state index contributed by atoms with van der Waals surface area (Å²) in [4.78, 5) is 25.6. The van der Waals surface area contributed by atoms with Gasteiger partial charge in [0.1, 0.15) is 12.1 Å². The van der Waals surface area contributed by atoms with Gasteiger partial charge in [-0.15, -0.1) is 5.10 Å². The number of piperidine rings is 1. The SMILES string of the molecule is Cc1cc(N(C2CC2)C2CCN(C(=O)c3cn(C)nn3)CC2)ncn1. The zero-order chi connectivity index (χ0) is 17.4. The number of nitrogens with zero attached hydrogens (tertiary/aromatic N) is 7. The van der Waals surface area contributed by atoms with Gasteiger partial charge in [0, 0.05) is 44.0 Å². The third-order valence-corrected chi connectivity index (χ3v) is 4.96. The highest BCUT2D eigenvalue weighted by Gasteiger charge is 2.37. The molecule has 0 aromatic carbocycles. The van der Waals surface area contributed by atoms with E-state index in [2.05, 4.69) is 31.2 Å². The number of carbonyl (C=O) groups excluding carboxylic acids is 1. The Bertz CT molecular complexity index is 762. The third-order valence-electron chi connectivity index (χ3n) is 4.96. The summed E-state index contributed by atoms with van der Waals surface area (Å²) in [5, 5.41) is 7.79. The van der Waals surface area contributed by atoms with Crippen molar-refractivity contribution < 1.29 is 4.79 Å². The summed E-state index contributed by atoms with van der Waals surface area (Å²) in [7, 11) is 1.77. The summed E-state index contributed by atoms with van der Waals surface area (Å²) in [5.41, 5.74) is 1.41. The number of hydrogen-bond donors (Lipinski definition) is 0. The molecule has 0 bridgehead atoms. The van der Waals surface area contributed by atoms with Crippen molar-refractivity contribution in [1.82, 2.24) is 29.9 Å². The Morgan fingerprint density at radius 1 is 1.16 bits per heavy atom. The molecule has 8 heteroatoms. The lowest BCUT2D eigenvalue weighted by atomic mass is 10.0. The van der Waals surface area contributed by atoms with Gasteiger partial charge >= 0.3 is 0 Å². The van der Waals surface area contributed by atoms with Crippen LogP contribution in [0.4, 0.5) is 5.82 Å². The van der Waals surface area contributed by atoms with E-state index in [1.54, 1.807) is 24.3 Å². The molecule has 4 rings (SSSR count).